The molecule has 0 fully saturated rings. The molecule has 4 N–H and O–H groups in total. The van der Waals surface area contributed by atoms with Gasteiger partial charge in [0.1, 0.15) is 5.75 Å². The third-order valence-corrected chi connectivity index (χ3v) is 2.93. The molecule has 0 aromatic heterocycles. The van der Waals surface area contributed by atoms with Crippen LogP contribution in [0.4, 0.5) is 10.5 Å². The zero-order chi connectivity index (χ0) is 14.5. The van der Waals surface area contributed by atoms with Crippen LogP contribution in [-0.4, -0.2) is 25.7 Å². The Labute approximate surface area is 114 Å². The number of ether oxygens (including phenoxy) is 1. The summed E-state index contributed by atoms with van der Waals surface area (Å²) in [6.07, 6.45) is 0. The van der Waals surface area contributed by atoms with Gasteiger partial charge in [0.15, 0.2) is 0 Å². The lowest BCUT2D eigenvalue weighted by Crippen LogP contribution is -2.49. The Balaban J connectivity index is 2.59. The highest BCUT2D eigenvalue weighted by molar-refractivity contribution is 5.89. The van der Waals surface area contributed by atoms with Crippen molar-refractivity contribution in [3.05, 3.63) is 24.3 Å². The van der Waals surface area contributed by atoms with Crippen LogP contribution in [0.2, 0.25) is 0 Å². The molecule has 5 nitrogen and oxygen atoms in total. The fourth-order valence-electron chi connectivity index (χ4n) is 1.63. The molecular formula is C14H23N3O2. The monoisotopic (exact) mass is 265 g/mol. The van der Waals surface area contributed by atoms with Gasteiger partial charge in [-0.15, -0.1) is 0 Å². The summed E-state index contributed by atoms with van der Waals surface area (Å²) in [6.45, 7) is 6.52. The highest BCUT2D eigenvalue weighted by atomic mass is 16.5. The summed E-state index contributed by atoms with van der Waals surface area (Å²) in [7, 11) is 1.60. The Morgan fingerprint density at radius 2 is 1.89 bits per heavy atom. The van der Waals surface area contributed by atoms with Crippen molar-refractivity contribution in [3.8, 4) is 5.75 Å². The number of hydrogen-bond donors (Lipinski definition) is 3. The van der Waals surface area contributed by atoms with Crippen molar-refractivity contribution in [3.63, 3.8) is 0 Å². The van der Waals surface area contributed by atoms with Crippen LogP contribution in [0.25, 0.3) is 0 Å². The van der Waals surface area contributed by atoms with Crippen molar-refractivity contribution in [2.75, 3.05) is 19.0 Å². The summed E-state index contributed by atoms with van der Waals surface area (Å²) < 4.78 is 5.06. The Bertz CT molecular complexity index is 410. The topological polar surface area (TPSA) is 76.4 Å². The van der Waals surface area contributed by atoms with Crippen LogP contribution in [-0.2, 0) is 0 Å². The second-order valence-corrected chi connectivity index (χ2v) is 5.48. The number of nitrogens with two attached hydrogens (primary N) is 1. The normalized spacial score (nSPS) is 12.7. The van der Waals surface area contributed by atoms with E-state index < -0.39 is 0 Å². The van der Waals surface area contributed by atoms with Gasteiger partial charge in [0, 0.05) is 18.3 Å². The molecular weight excluding hydrogens is 242 g/mol. The molecule has 1 rings (SSSR count). The number of rotatable bonds is 4. The van der Waals surface area contributed by atoms with E-state index in [4.69, 9.17) is 10.5 Å². The van der Waals surface area contributed by atoms with Crippen molar-refractivity contribution in [2.45, 2.75) is 26.8 Å². The molecule has 1 aromatic rings. The van der Waals surface area contributed by atoms with Gasteiger partial charge in [0.25, 0.3) is 0 Å². The van der Waals surface area contributed by atoms with Crippen molar-refractivity contribution < 1.29 is 9.53 Å². The van der Waals surface area contributed by atoms with Crippen molar-refractivity contribution in [1.29, 1.82) is 0 Å². The van der Waals surface area contributed by atoms with E-state index in [1.807, 2.05) is 20.8 Å². The van der Waals surface area contributed by atoms with Crippen molar-refractivity contribution in [1.82, 2.24) is 5.32 Å². The first-order valence-electron chi connectivity index (χ1n) is 6.28. The second kappa shape index (κ2) is 6.43. The van der Waals surface area contributed by atoms with Crippen molar-refractivity contribution >= 4 is 11.7 Å². The molecule has 0 aliphatic carbocycles. The smallest absolute Gasteiger partial charge is 0.319 e. The predicted molar refractivity (Wildman–Crippen MR) is 77.4 cm³/mol. The van der Waals surface area contributed by atoms with Gasteiger partial charge in [-0.3, -0.25) is 0 Å². The highest BCUT2D eigenvalue weighted by Gasteiger charge is 2.24. The number of hydrogen-bond acceptors (Lipinski definition) is 3. The van der Waals surface area contributed by atoms with Gasteiger partial charge < -0.3 is 21.1 Å². The van der Waals surface area contributed by atoms with Crippen LogP contribution in [0.15, 0.2) is 24.3 Å². The predicted octanol–water partition coefficient (Wildman–Crippen LogP) is 2.19. The maximum absolute atomic E-state index is 11.9. The van der Waals surface area contributed by atoms with Gasteiger partial charge in [0.05, 0.1) is 7.11 Å². The van der Waals surface area contributed by atoms with Crippen LogP contribution in [0.5, 0.6) is 5.75 Å². The summed E-state index contributed by atoms with van der Waals surface area (Å²) >= 11 is 0. The molecule has 1 unspecified atom stereocenters. The number of amides is 2. The zero-order valence-corrected chi connectivity index (χ0v) is 12.0. The summed E-state index contributed by atoms with van der Waals surface area (Å²) in [5.41, 5.74) is 6.31. The Morgan fingerprint density at radius 1 is 1.32 bits per heavy atom. The third-order valence-electron chi connectivity index (χ3n) is 2.93. The van der Waals surface area contributed by atoms with Gasteiger partial charge in [-0.25, -0.2) is 4.79 Å². The van der Waals surface area contributed by atoms with E-state index in [0.717, 1.165) is 5.75 Å². The Morgan fingerprint density at radius 3 is 2.32 bits per heavy atom. The average molecular weight is 265 g/mol. The number of urea groups is 1. The number of methoxy groups -OCH3 is 1. The van der Waals surface area contributed by atoms with Crippen LogP contribution in [0.1, 0.15) is 20.8 Å². The van der Waals surface area contributed by atoms with E-state index >= 15 is 0 Å². The molecule has 106 valence electrons. The SMILES string of the molecule is COc1ccc(NC(=O)NC(CN)C(C)(C)C)cc1. The maximum Gasteiger partial charge on any atom is 0.319 e. The molecule has 0 aliphatic heterocycles. The Kier molecular flexibility index (Phi) is 5.18. The van der Waals surface area contributed by atoms with Crippen LogP contribution >= 0.6 is 0 Å². The first kappa shape index (κ1) is 15.3. The first-order valence-corrected chi connectivity index (χ1v) is 6.28. The molecule has 19 heavy (non-hydrogen) atoms. The number of nitrogens with one attached hydrogen (secondary N) is 2. The lowest BCUT2D eigenvalue weighted by Gasteiger charge is -2.30. The lowest BCUT2D eigenvalue weighted by molar-refractivity contribution is 0.230. The second-order valence-electron chi connectivity index (χ2n) is 5.48. The molecule has 1 atom stereocenters. The molecule has 5 heteroatoms. The summed E-state index contributed by atoms with van der Waals surface area (Å²) in [4.78, 5) is 11.9. The minimum atomic E-state index is -0.254. The fourth-order valence-corrected chi connectivity index (χ4v) is 1.63. The van der Waals surface area contributed by atoms with E-state index in [9.17, 15) is 4.79 Å². The van der Waals surface area contributed by atoms with Crippen LogP contribution < -0.4 is 21.1 Å². The molecule has 0 heterocycles. The van der Waals surface area contributed by atoms with E-state index in [1.54, 1.807) is 31.4 Å². The number of anilines is 1. The molecule has 0 saturated carbocycles. The van der Waals surface area contributed by atoms with E-state index in [2.05, 4.69) is 10.6 Å². The first-order chi connectivity index (χ1) is 8.86. The molecule has 0 aliphatic rings. The van der Waals surface area contributed by atoms with Gasteiger partial charge in [-0.1, -0.05) is 20.8 Å². The van der Waals surface area contributed by atoms with Gasteiger partial charge in [-0.2, -0.15) is 0 Å². The van der Waals surface area contributed by atoms with Crippen LogP contribution in [0, 0.1) is 5.41 Å². The lowest BCUT2D eigenvalue weighted by atomic mass is 9.87. The van der Waals surface area contributed by atoms with Gasteiger partial charge >= 0.3 is 6.03 Å². The summed E-state index contributed by atoms with van der Waals surface area (Å²) in [5, 5.41) is 5.65. The molecule has 0 spiro atoms. The minimum absolute atomic E-state index is 0.0774. The standard InChI is InChI=1S/C14H23N3O2/c1-14(2,3)12(9-15)17-13(18)16-10-5-7-11(19-4)8-6-10/h5-8,12H,9,15H2,1-4H3,(H2,16,17,18). The molecule has 0 bridgehead atoms. The Hall–Kier alpha value is -1.75. The number of carbonyl (C=O) groups excluding carboxylic acids is 1. The number of carbonyl (C=O) groups is 1. The third kappa shape index (κ3) is 4.79. The van der Waals surface area contributed by atoms with E-state index in [-0.39, 0.29) is 17.5 Å². The van der Waals surface area contributed by atoms with E-state index in [1.165, 1.54) is 0 Å². The quantitative estimate of drug-likeness (QED) is 0.781. The van der Waals surface area contributed by atoms with E-state index in [0.29, 0.717) is 12.2 Å². The molecule has 2 amide bonds. The molecule has 1 aromatic carbocycles. The van der Waals surface area contributed by atoms with Gasteiger partial charge in [0.2, 0.25) is 0 Å². The average Bonchev–Trinajstić information content (AvgIpc) is 2.35. The fraction of sp³-hybridized carbons (Fsp3) is 0.500. The largest absolute Gasteiger partial charge is 0.497 e. The van der Waals surface area contributed by atoms with Crippen LogP contribution in [0.3, 0.4) is 0 Å². The number of benzene rings is 1. The maximum atomic E-state index is 11.9. The van der Waals surface area contributed by atoms with Gasteiger partial charge in [-0.05, 0) is 29.7 Å². The zero-order valence-electron chi connectivity index (χ0n) is 12.0. The molecule has 0 radical (unpaired) electrons. The molecule has 0 saturated heterocycles. The van der Waals surface area contributed by atoms with Crippen molar-refractivity contribution in [2.24, 2.45) is 11.1 Å². The summed E-state index contributed by atoms with van der Waals surface area (Å²) in [6, 6.07) is 6.82. The summed E-state index contributed by atoms with van der Waals surface area (Å²) in [5.74, 6) is 0.750. The minimum Gasteiger partial charge on any atom is -0.497 e. The highest BCUT2D eigenvalue weighted by Crippen LogP contribution is 2.19.